The number of carbonyl (C=O) groups is 2. The molecule has 0 saturated carbocycles. The first kappa shape index (κ1) is 28.5. The lowest BCUT2D eigenvalue weighted by atomic mass is 9.96. The van der Waals surface area contributed by atoms with Gasteiger partial charge >= 0.3 is 0 Å². The van der Waals surface area contributed by atoms with E-state index in [1.807, 2.05) is 56.5 Å². The number of nitrogens with one attached hydrogen (secondary N) is 1. The van der Waals surface area contributed by atoms with E-state index in [-0.39, 0.29) is 43.5 Å². The van der Waals surface area contributed by atoms with Gasteiger partial charge in [-0.05, 0) is 32.3 Å². The number of nitrogens with zero attached hydrogens (tertiary/aromatic N) is 4. The summed E-state index contributed by atoms with van der Waals surface area (Å²) >= 11 is 0. The number of aromatic nitrogens is 3. The fraction of sp³-hybridized carbons (Fsp3) is 0.556. The van der Waals surface area contributed by atoms with Crippen molar-refractivity contribution in [3.05, 3.63) is 30.1 Å². The highest BCUT2D eigenvalue weighted by Crippen LogP contribution is 2.31. The number of hydrogen-bond donors (Lipinski definition) is 2. The van der Waals surface area contributed by atoms with Crippen LogP contribution in [0.3, 0.4) is 0 Å². The zero-order chi connectivity index (χ0) is 27.4. The van der Waals surface area contributed by atoms with E-state index in [9.17, 15) is 14.7 Å². The number of aliphatic hydroxyl groups is 1. The molecule has 0 saturated heterocycles. The second-order valence-electron chi connectivity index (χ2n) is 11.1. The van der Waals surface area contributed by atoms with E-state index in [4.69, 9.17) is 14.5 Å². The summed E-state index contributed by atoms with van der Waals surface area (Å²) in [6.07, 6.45) is 0. The van der Waals surface area contributed by atoms with Gasteiger partial charge in [0.25, 0.3) is 5.91 Å². The Morgan fingerprint density at radius 2 is 1.78 bits per heavy atom. The summed E-state index contributed by atoms with van der Waals surface area (Å²) in [7, 11) is 1.72. The molecule has 0 radical (unpaired) electrons. The standard InChI is InChI=1S/C27H39N5O5/c1-8-36-13-20-29-23-24(32(20)17-27(5,6)35)18-11-9-10-12-19(18)28-25(23)30-21(33)14-37-15-22(34)31(7)16-26(2,3)4/h9-12,35H,8,13-17H2,1-7H3,(H,28,30,33). The number of fused-ring (bicyclic) bond motifs is 3. The molecule has 2 heterocycles. The van der Waals surface area contributed by atoms with Gasteiger partial charge in [0.15, 0.2) is 5.82 Å². The second kappa shape index (κ2) is 11.5. The average molecular weight is 514 g/mol. The number of para-hydroxylation sites is 1. The van der Waals surface area contributed by atoms with Crippen LogP contribution < -0.4 is 5.32 Å². The van der Waals surface area contributed by atoms with Crippen molar-refractivity contribution >= 4 is 39.6 Å². The molecule has 10 heteroatoms. The Balaban J connectivity index is 1.87. The number of anilines is 1. The van der Waals surface area contributed by atoms with Gasteiger partial charge in [-0.3, -0.25) is 9.59 Å². The molecular weight excluding hydrogens is 474 g/mol. The lowest BCUT2D eigenvalue weighted by Crippen LogP contribution is -2.37. The lowest BCUT2D eigenvalue weighted by molar-refractivity contribution is -0.137. The van der Waals surface area contributed by atoms with E-state index in [0.29, 0.717) is 30.0 Å². The minimum Gasteiger partial charge on any atom is -0.389 e. The molecule has 0 spiro atoms. The molecule has 3 aromatic rings. The summed E-state index contributed by atoms with van der Waals surface area (Å²) in [6.45, 7) is 12.6. The number of hydrogen-bond acceptors (Lipinski definition) is 7. The molecule has 0 unspecified atom stereocenters. The maximum absolute atomic E-state index is 12.8. The first-order valence-electron chi connectivity index (χ1n) is 12.5. The minimum atomic E-state index is -1.01. The molecule has 0 aliphatic heterocycles. The smallest absolute Gasteiger partial charge is 0.251 e. The number of benzene rings is 1. The summed E-state index contributed by atoms with van der Waals surface area (Å²) < 4.78 is 13.0. The third-order valence-electron chi connectivity index (χ3n) is 5.50. The van der Waals surface area contributed by atoms with Crippen LogP contribution in [0.25, 0.3) is 21.9 Å². The Kier molecular flexibility index (Phi) is 8.88. The van der Waals surface area contributed by atoms with Crippen molar-refractivity contribution in [2.45, 2.75) is 60.3 Å². The minimum absolute atomic E-state index is 0.0371. The highest BCUT2D eigenvalue weighted by Gasteiger charge is 2.24. The van der Waals surface area contributed by atoms with Gasteiger partial charge in [0, 0.05) is 25.6 Å². The third kappa shape index (κ3) is 7.70. The third-order valence-corrected chi connectivity index (χ3v) is 5.50. The normalized spacial score (nSPS) is 12.3. The van der Waals surface area contributed by atoms with E-state index in [2.05, 4.69) is 10.3 Å². The van der Waals surface area contributed by atoms with Crippen molar-refractivity contribution in [3.63, 3.8) is 0 Å². The van der Waals surface area contributed by atoms with Crippen LogP contribution in [0.1, 0.15) is 47.4 Å². The topological polar surface area (TPSA) is 119 Å². The zero-order valence-electron chi connectivity index (χ0n) is 22.9. The average Bonchev–Trinajstić information content (AvgIpc) is 3.13. The van der Waals surface area contributed by atoms with Crippen LogP contribution in [-0.4, -0.2) is 75.4 Å². The fourth-order valence-electron chi connectivity index (χ4n) is 4.14. The van der Waals surface area contributed by atoms with Crippen molar-refractivity contribution in [1.82, 2.24) is 19.4 Å². The SMILES string of the molecule is CCOCc1nc2c(NC(=O)COCC(=O)N(C)CC(C)(C)C)nc3ccccc3c2n1CC(C)(C)O. The number of rotatable bonds is 11. The Bertz CT molecular complexity index is 1260. The van der Waals surface area contributed by atoms with E-state index in [1.54, 1.807) is 25.8 Å². The van der Waals surface area contributed by atoms with Crippen LogP contribution in [0.2, 0.25) is 0 Å². The van der Waals surface area contributed by atoms with Gasteiger partial charge < -0.3 is 29.4 Å². The van der Waals surface area contributed by atoms with Crippen molar-refractivity contribution in [2.24, 2.45) is 5.41 Å². The molecule has 1 aromatic carbocycles. The highest BCUT2D eigenvalue weighted by molar-refractivity contribution is 6.09. The molecule has 0 fully saturated rings. The first-order valence-corrected chi connectivity index (χ1v) is 12.5. The summed E-state index contributed by atoms with van der Waals surface area (Å²) in [5.74, 6) is 0.265. The molecule has 2 aromatic heterocycles. The number of carbonyl (C=O) groups excluding carboxylic acids is 2. The van der Waals surface area contributed by atoms with Crippen molar-refractivity contribution in [1.29, 1.82) is 0 Å². The zero-order valence-corrected chi connectivity index (χ0v) is 22.9. The molecule has 0 bridgehead atoms. The number of ether oxygens (including phenoxy) is 2. The summed E-state index contributed by atoms with van der Waals surface area (Å²) in [4.78, 5) is 36.1. The Hall–Kier alpha value is -3.08. The molecule has 37 heavy (non-hydrogen) atoms. The molecular formula is C27H39N5O5. The first-order chi connectivity index (χ1) is 17.3. The summed E-state index contributed by atoms with van der Waals surface area (Å²) in [5.41, 5.74) is 0.864. The van der Waals surface area contributed by atoms with E-state index >= 15 is 0 Å². The van der Waals surface area contributed by atoms with E-state index < -0.39 is 11.5 Å². The van der Waals surface area contributed by atoms with Crippen LogP contribution in [0, 0.1) is 5.41 Å². The molecule has 3 rings (SSSR count). The van der Waals surface area contributed by atoms with Crippen LogP contribution >= 0.6 is 0 Å². The number of imidazole rings is 1. The maximum atomic E-state index is 12.8. The van der Waals surface area contributed by atoms with Gasteiger partial charge in [-0.25, -0.2) is 9.97 Å². The summed E-state index contributed by atoms with van der Waals surface area (Å²) in [6, 6.07) is 7.57. The summed E-state index contributed by atoms with van der Waals surface area (Å²) in [5, 5.41) is 14.3. The van der Waals surface area contributed by atoms with Crippen LogP contribution in [0.4, 0.5) is 5.82 Å². The Labute approximate surface area is 218 Å². The van der Waals surface area contributed by atoms with Crippen molar-refractivity contribution in [3.8, 4) is 0 Å². The number of likely N-dealkylation sites (N-methyl/N-ethyl adjacent to an activating group) is 1. The predicted octanol–water partition coefficient (Wildman–Crippen LogP) is 3.35. The van der Waals surface area contributed by atoms with Crippen molar-refractivity contribution in [2.75, 3.05) is 38.7 Å². The molecule has 2 amide bonds. The molecule has 0 aliphatic rings. The van der Waals surface area contributed by atoms with Crippen LogP contribution in [0.15, 0.2) is 24.3 Å². The number of pyridine rings is 1. The Morgan fingerprint density at radius 1 is 1.08 bits per heavy atom. The Morgan fingerprint density at radius 3 is 2.43 bits per heavy atom. The van der Waals surface area contributed by atoms with Crippen LogP contribution in [-0.2, 0) is 32.2 Å². The molecule has 202 valence electrons. The predicted molar refractivity (Wildman–Crippen MR) is 143 cm³/mol. The maximum Gasteiger partial charge on any atom is 0.251 e. The van der Waals surface area contributed by atoms with Crippen molar-refractivity contribution < 1.29 is 24.2 Å². The van der Waals surface area contributed by atoms with Crippen LogP contribution in [0.5, 0.6) is 0 Å². The van der Waals surface area contributed by atoms with E-state index in [1.165, 1.54) is 0 Å². The monoisotopic (exact) mass is 513 g/mol. The van der Waals surface area contributed by atoms with Gasteiger partial charge in [0.1, 0.15) is 31.2 Å². The van der Waals surface area contributed by atoms with Gasteiger partial charge in [-0.2, -0.15) is 0 Å². The van der Waals surface area contributed by atoms with E-state index in [0.717, 1.165) is 10.9 Å². The molecule has 2 N–H and O–H groups in total. The van der Waals surface area contributed by atoms with Gasteiger partial charge in [0.05, 0.1) is 23.2 Å². The fourth-order valence-corrected chi connectivity index (χ4v) is 4.14. The molecule has 10 nitrogen and oxygen atoms in total. The molecule has 0 aliphatic carbocycles. The van der Waals surface area contributed by atoms with Gasteiger partial charge in [-0.1, -0.05) is 39.0 Å². The van der Waals surface area contributed by atoms with Gasteiger partial charge in [0.2, 0.25) is 5.91 Å². The lowest BCUT2D eigenvalue weighted by Gasteiger charge is -2.26. The molecule has 0 atom stereocenters. The highest BCUT2D eigenvalue weighted by atomic mass is 16.5. The number of amides is 2. The second-order valence-corrected chi connectivity index (χ2v) is 11.1. The quantitative estimate of drug-likeness (QED) is 0.404. The van der Waals surface area contributed by atoms with Gasteiger partial charge in [-0.15, -0.1) is 0 Å². The largest absolute Gasteiger partial charge is 0.389 e.